The van der Waals surface area contributed by atoms with E-state index in [1.807, 2.05) is 0 Å². The molecule has 2 aromatic rings. The van der Waals surface area contributed by atoms with Crippen molar-refractivity contribution < 1.29 is 4.74 Å². The molecule has 2 heterocycles. The first kappa shape index (κ1) is 16.4. The lowest BCUT2D eigenvalue weighted by atomic mass is 10.0. The fourth-order valence-corrected chi connectivity index (χ4v) is 3.34. The number of halogens is 2. The number of rotatable bonds is 5. The summed E-state index contributed by atoms with van der Waals surface area (Å²) in [6.07, 6.45) is 3.23. The molecule has 0 spiro atoms. The van der Waals surface area contributed by atoms with E-state index >= 15 is 0 Å². The molecule has 23 heavy (non-hydrogen) atoms. The molecule has 0 saturated carbocycles. The van der Waals surface area contributed by atoms with Gasteiger partial charge < -0.3 is 4.74 Å². The molecule has 2 N–H and O–H groups in total. The Morgan fingerprint density at radius 1 is 1.35 bits per heavy atom. The maximum Gasteiger partial charge on any atom is 0.340 e. The number of hydrogen-bond acceptors (Lipinski definition) is 4. The van der Waals surface area contributed by atoms with Gasteiger partial charge in [-0.25, -0.2) is 9.89 Å². The number of benzene rings is 1. The largest absolute Gasteiger partial charge is 0.491 e. The van der Waals surface area contributed by atoms with E-state index in [2.05, 4.69) is 20.1 Å². The summed E-state index contributed by atoms with van der Waals surface area (Å²) < 4.78 is 5.75. The van der Waals surface area contributed by atoms with Crippen molar-refractivity contribution in [3.63, 3.8) is 0 Å². The van der Waals surface area contributed by atoms with Crippen molar-refractivity contribution in [3.05, 3.63) is 44.6 Å². The molecule has 3 rings (SSSR count). The van der Waals surface area contributed by atoms with Crippen LogP contribution in [0, 0.1) is 0 Å². The van der Waals surface area contributed by atoms with Crippen LogP contribution >= 0.6 is 23.2 Å². The Morgan fingerprint density at radius 2 is 2.22 bits per heavy atom. The molecule has 0 amide bonds. The van der Waals surface area contributed by atoms with Crippen LogP contribution in [0.4, 0.5) is 0 Å². The molecule has 1 atom stereocenters. The van der Waals surface area contributed by atoms with Gasteiger partial charge in [0, 0.05) is 11.6 Å². The average molecular weight is 357 g/mol. The Morgan fingerprint density at radius 3 is 2.96 bits per heavy atom. The molecule has 1 aromatic carbocycles. The first-order chi connectivity index (χ1) is 11.1. The fraction of sp³-hybridized carbons (Fsp3) is 0.467. The van der Waals surface area contributed by atoms with Crippen LogP contribution in [-0.2, 0) is 0 Å². The molecular weight excluding hydrogens is 339 g/mol. The zero-order valence-corrected chi connectivity index (χ0v) is 14.0. The first-order valence-electron chi connectivity index (χ1n) is 7.60. The Labute approximate surface area is 143 Å². The molecule has 1 saturated heterocycles. The van der Waals surface area contributed by atoms with E-state index < -0.39 is 0 Å². The highest BCUT2D eigenvalue weighted by atomic mass is 35.5. The van der Waals surface area contributed by atoms with Crippen molar-refractivity contribution >= 4 is 23.2 Å². The van der Waals surface area contributed by atoms with Crippen molar-refractivity contribution in [2.75, 3.05) is 19.7 Å². The molecule has 0 aliphatic carbocycles. The summed E-state index contributed by atoms with van der Waals surface area (Å²) in [4.78, 5) is 16.3. The summed E-state index contributed by atoms with van der Waals surface area (Å²) in [5, 5.41) is 7.59. The zero-order valence-electron chi connectivity index (χ0n) is 12.5. The van der Waals surface area contributed by atoms with E-state index in [1.165, 1.54) is 0 Å². The molecule has 0 radical (unpaired) electrons. The quantitative estimate of drug-likeness (QED) is 0.863. The van der Waals surface area contributed by atoms with E-state index in [0.717, 1.165) is 32.4 Å². The molecule has 1 aromatic heterocycles. The first-order valence-corrected chi connectivity index (χ1v) is 8.35. The summed E-state index contributed by atoms with van der Waals surface area (Å²) in [5.74, 6) is 1.32. The minimum atomic E-state index is -0.269. The minimum absolute atomic E-state index is 0.118. The van der Waals surface area contributed by atoms with Crippen LogP contribution in [-0.4, -0.2) is 39.8 Å². The fourth-order valence-electron chi connectivity index (χ4n) is 2.87. The summed E-state index contributed by atoms with van der Waals surface area (Å²) >= 11 is 12.0. The van der Waals surface area contributed by atoms with Gasteiger partial charge in [-0.15, -0.1) is 0 Å². The number of ether oxygens (including phenoxy) is 1. The van der Waals surface area contributed by atoms with E-state index in [-0.39, 0.29) is 11.7 Å². The van der Waals surface area contributed by atoms with Crippen molar-refractivity contribution in [1.82, 2.24) is 20.1 Å². The second-order valence-corrected chi connectivity index (χ2v) is 6.38. The van der Waals surface area contributed by atoms with Crippen molar-refractivity contribution in [3.8, 4) is 5.75 Å². The highest BCUT2D eigenvalue weighted by molar-refractivity contribution is 6.35. The minimum Gasteiger partial charge on any atom is -0.491 e. The smallest absolute Gasteiger partial charge is 0.340 e. The lowest BCUT2D eigenvalue weighted by molar-refractivity contribution is 0.118. The van der Waals surface area contributed by atoms with Gasteiger partial charge in [0.05, 0.1) is 11.1 Å². The van der Waals surface area contributed by atoms with E-state index in [4.69, 9.17) is 27.9 Å². The van der Waals surface area contributed by atoms with Gasteiger partial charge in [0.15, 0.2) is 0 Å². The number of aromatic amines is 2. The van der Waals surface area contributed by atoms with Crippen molar-refractivity contribution in [1.29, 1.82) is 0 Å². The number of likely N-dealkylation sites (tertiary alicyclic amines) is 1. The number of piperidine rings is 1. The maximum absolute atomic E-state index is 11.3. The SMILES string of the molecule is O=c1[nH]nc([C@H]2CCCCN2CCOc2ccc(Cl)cc2Cl)[nH]1. The van der Waals surface area contributed by atoms with Crippen LogP contribution in [0.3, 0.4) is 0 Å². The predicted molar refractivity (Wildman–Crippen MR) is 89.3 cm³/mol. The molecular formula is C15H18Cl2N4O2. The van der Waals surface area contributed by atoms with Gasteiger partial charge in [-0.1, -0.05) is 29.6 Å². The maximum atomic E-state index is 11.3. The normalized spacial score (nSPS) is 19.0. The second-order valence-electron chi connectivity index (χ2n) is 5.53. The third kappa shape index (κ3) is 4.07. The van der Waals surface area contributed by atoms with Gasteiger partial charge in [-0.05, 0) is 37.6 Å². The Balaban J connectivity index is 1.60. The molecule has 124 valence electrons. The average Bonchev–Trinajstić information content (AvgIpc) is 2.96. The Bertz CT molecular complexity index is 715. The van der Waals surface area contributed by atoms with E-state index in [9.17, 15) is 4.79 Å². The number of aromatic nitrogens is 3. The van der Waals surface area contributed by atoms with Gasteiger partial charge in [-0.3, -0.25) is 9.88 Å². The standard InChI is InChI=1S/C15H18Cl2N4O2/c16-10-4-5-13(11(17)9-10)23-8-7-21-6-2-1-3-12(21)14-18-15(22)20-19-14/h4-5,9,12H,1-3,6-8H2,(H2,18,19,20,22)/t12-/m1/s1. The van der Waals surface area contributed by atoms with Gasteiger partial charge in [0.25, 0.3) is 0 Å². The molecule has 8 heteroatoms. The summed E-state index contributed by atoms with van der Waals surface area (Å²) in [6.45, 7) is 2.20. The number of hydrogen-bond donors (Lipinski definition) is 2. The van der Waals surface area contributed by atoms with Crippen LogP contribution < -0.4 is 10.4 Å². The van der Waals surface area contributed by atoms with Crippen LogP contribution in [0.1, 0.15) is 31.1 Å². The van der Waals surface area contributed by atoms with Crippen LogP contribution in [0.15, 0.2) is 23.0 Å². The molecule has 1 aliphatic heterocycles. The molecule has 0 unspecified atom stereocenters. The van der Waals surface area contributed by atoms with Gasteiger partial charge >= 0.3 is 5.69 Å². The summed E-state index contributed by atoms with van der Waals surface area (Å²) in [7, 11) is 0. The van der Waals surface area contributed by atoms with E-state index in [1.54, 1.807) is 18.2 Å². The lowest BCUT2D eigenvalue weighted by Gasteiger charge is -2.34. The van der Waals surface area contributed by atoms with Gasteiger partial charge in [0.2, 0.25) is 0 Å². The monoisotopic (exact) mass is 356 g/mol. The van der Waals surface area contributed by atoms with E-state index in [0.29, 0.717) is 28.2 Å². The topological polar surface area (TPSA) is 74.0 Å². The van der Waals surface area contributed by atoms with Crippen LogP contribution in [0.5, 0.6) is 5.75 Å². The number of nitrogens with zero attached hydrogens (tertiary/aromatic N) is 2. The highest BCUT2D eigenvalue weighted by Crippen LogP contribution is 2.29. The van der Waals surface area contributed by atoms with Crippen LogP contribution in [0.25, 0.3) is 0 Å². The summed E-state index contributed by atoms with van der Waals surface area (Å²) in [6, 6.07) is 5.30. The summed E-state index contributed by atoms with van der Waals surface area (Å²) in [5.41, 5.74) is -0.269. The third-order valence-corrected chi connectivity index (χ3v) is 4.51. The Hall–Kier alpha value is -1.50. The van der Waals surface area contributed by atoms with Crippen molar-refractivity contribution in [2.45, 2.75) is 25.3 Å². The Kier molecular flexibility index (Phi) is 5.25. The predicted octanol–water partition coefficient (Wildman–Crippen LogP) is 3.01. The number of nitrogens with one attached hydrogen (secondary N) is 2. The lowest BCUT2D eigenvalue weighted by Crippen LogP contribution is -2.37. The molecule has 1 aliphatic rings. The van der Waals surface area contributed by atoms with Gasteiger partial charge in [-0.2, -0.15) is 5.10 Å². The third-order valence-electron chi connectivity index (χ3n) is 3.98. The number of H-pyrrole nitrogens is 2. The molecule has 6 nitrogen and oxygen atoms in total. The highest BCUT2D eigenvalue weighted by Gasteiger charge is 2.26. The van der Waals surface area contributed by atoms with Crippen LogP contribution in [0.2, 0.25) is 10.0 Å². The van der Waals surface area contributed by atoms with Crippen molar-refractivity contribution in [2.24, 2.45) is 0 Å². The zero-order chi connectivity index (χ0) is 16.2. The van der Waals surface area contributed by atoms with Gasteiger partial charge in [0.1, 0.15) is 18.2 Å². The molecule has 1 fully saturated rings. The molecule has 0 bridgehead atoms. The second kappa shape index (κ2) is 7.38.